The number of hydrogen-bond acceptors (Lipinski definition) is 10. The van der Waals surface area contributed by atoms with Gasteiger partial charge in [-0.3, -0.25) is 0 Å². The number of aromatic nitrogens is 10. The van der Waals surface area contributed by atoms with E-state index in [1.807, 2.05) is 47.9 Å². The lowest BCUT2D eigenvalue weighted by atomic mass is 10.0. The Labute approximate surface area is 435 Å². The van der Waals surface area contributed by atoms with Crippen LogP contribution in [0.3, 0.4) is 0 Å². The van der Waals surface area contributed by atoms with Crippen LogP contribution in [0, 0.1) is 0 Å². The lowest BCUT2D eigenvalue weighted by Crippen LogP contribution is -1.99. The van der Waals surface area contributed by atoms with E-state index in [-0.39, 0.29) is 0 Å². The minimum Gasteiger partial charge on any atom is -0.456 e. The van der Waals surface area contributed by atoms with Gasteiger partial charge in [0.1, 0.15) is 11.2 Å². The standard InChI is InChI=1S/C64H36N10OS/c1-5-14-54-44(10-1)48-18-19-49-47-12-3-6-15-58(47)76-60(49)59(48)74(54)43-32-40(63-69-25-9-26-70-63)29-41(33-43)64-71-27-20-52(72-64)37-16-17-46-51-35-55-50(36-57(51)75-56(46)34-37)45-11-2-4-13-53(45)73(55)42-30-38(61-65-21-7-22-66-61)28-39(31-42)62-67-23-8-24-68-62/h1-36H. The average molecular weight is 993 g/mol. The fraction of sp³-hybridized carbons (Fsp3) is 0. The zero-order valence-corrected chi connectivity index (χ0v) is 40.9. The maximum Gasteiger partial charge on any atom is 0.159 e. The van der Waals surface area contributed by atoms with Crippen LogP contribution in [0.1, 0.15) is 0 Å². The summed E-state index contributed by atoms with van der Waals surface area (Å²) in [6.07, 6.45) is 12.4. The van der Waals surface area contributed by atoms with E-state index in [0.29, 0.717) is 23.3 Å². The van der Waals surface area contributed by atoms with Gasteiger partial charge < -0.3 is 13.6 Å². The second-order valence-corrected chi connectivity index (χ2v) is 19.9. The highest BCUT2D eigenvalue weighted by atomic mass is 32.1. The molecular formula is C64H36N10OS. The molecule has 0 aliphatic carbocycles. The predicted octanol–water partition coefficient (Wildman–Crippen LogP) is 15.6. The van der Waals surface area contributed by atoms with Crippen LogP contribution < -0.4 is 0 Å². The van der Waals surface area contributed by atoms with Gasteiger partial charge in [-0.25, -0.2) is 39.9 Å². The van der Waals surface area contributed by atoms with Crippen molar-refractivity contribution in [3.63, 3.8) is 0 Å². The van der Waals surface area contributed by atoms with E-state index in [1.54, 1.807) is 37.2 Å². The maximum atomic E-state index is 6.80. The van der Waals surface area contributed by atoms with E-state index in [4.69, 9.17) is 24.4 Å². The molecule has 0 unspecified atom stereocenters. The lowest BCUT2D eigenvalue weighted by Gasteiger charge is -2.13. The van der Waals surface area contributed by atoms with Crippen LogP contribution in [0.25, 0.3) is 154 Å². The molecule has 0 spiro atoms. The first-order valence-electron chi connectivity index (χ1n) is 24.8. The van der Waals surface area contributed by atoms with Crippen LogP contribution >= 0.6 is 11.3 Å². The van der Waals surface area contributed by atoms with Crippen molar-refractivity contribution in [2.75, 3.05) is 0 Å². The molecule has 8 heterocycles. The molecule has 0 aliphatic heterocycles. The van der Waals surface area contributed by atoms with Crippen LogP contribution in [0.4, 0.5) is 0 Å². The Morgan fingerprint density at radius 2 is 0.855 bits per heavy atom. The molecule has 8 aromatic carbocycles. The Balaban J connectivity index is 0.840. The number of nitrogens with zero attached hydrogens (tertiary/aromatic N) is 10. The Bertz CT molecular complexity index is 4950. The second kappa shape index (κ2) is 16.6. The summed E-state index contributed by atoms with van der Waals surface area (Å²) in [5, 5.41) is 9.04. The topological polar surface area (TPSA) is 126 Å². The van der Waals surface area contributed by atoms with Crippen molar-refractivity contribution in [3.8, 4) is 68.2 Å². The third-order valence-corrected chi connectivity index (χ3v) is 15.7. The Kier molecular flexibility index (Phi) is 9.23. The molecule has 76 heavy (non-hydrogen) atoms. The van der Waals surface area contributed by atoms with Crippen LogP contribution in [-0.2, 0) is 0 Å². The monoisotopic (exact) mass is 992 g/mol. The van der Waals surface area contributed by atoms with E-state index < -0.39 is 0 Å². The fourth-order valence-corrected chi connectivity index (χ4v) is 12.4. The molecule has 0 bridgehead atoms. The van der Waals surface area contributed by atoms with E-state index in [1.165, 1.54) is 30.9 Å². The summed E-state index contributed by atoms with van der Waals surface area (Å²) in [7, 11) is 0. The quantitative estimate of drug-likeness (QED) is 0.153. The largest absolute Gasteiger partial charge is 0.456 e. The number of para-hydroxylation sites is 2. The number of fused-ring (bicyclic) bond motifs is 13. The van der Waals surface area contributed by atoms with Gasteiger partial charge in [0.2, 0.25) is 0 Å². The molecule has 0 fully saturated rings. The number of furan rings is 1. The normalized spacial score (nSPS) is 11.9. The molecule has 0 radical (unpaired) electrons. The van der Waals surface area contributed by atoms with Gasteiger partial charge in [-0.15, -0.1) is 11.3 Å². The first-order valence-corrected chi connectivity index (χ1v) is 25.7. The summed E-state index contributed by atoms with van der Waals surface area (Å²) in [5.41, 5.74) is 12.9. The highest BCUT2D eigenvalue weighted by Gasteiger charge is 2.22. The van der Waals surface area contributed by atoms with Gasteiger partial charge in [0.05, 0.1) is 32.5 Å². The van der Waals surface area contributed by atoms with Gasteiger partial charge >= 0.3 is 0 Å². The minimum atomic E-state index is 0.578. The Hall–Kier alpha value is -10.3. The van der Waals surface area contributed by atoms with Crippen molar-refractivity contribution in [1.82, 2.24) is 49.0 Å². The third kappa shape index (κ3) is 6.61. The maximum absolute atomic E-state index is 6.80. The summed E-state index contributed by atoms with van der Waals surface area (Å²) >= 11 is 1.83. The van der Waals surface area contributed by atoms with E-state index in [0.717, 1.165) is 99.7 Å². The Morgan fingerprint density at radius 1 is 0.329 bits per heavy atom. The molecule has 0 atom stereocenters. The lowest BCUT2D eigenvalue weighted by molar-refractivity contribution is 0.669. The van der Waals surface area contributed by atoms with Gasteiger partial charge in [-0.1, -0.05) is 72.8 Å². The highest BCUT2D eigenvalue weighted by molar-refractivity contribution is 7.26. The van der Waals surface area contributed by atoms with Gasteiger partial charge in [0, 0.05) is 130 Å². The Morgan fingerprint density at radius 3 is 1.53 bits per heavy atom. The molecule has 16 aromatic rings. The first kappa shape index (κ1) is 42.2. The highest BCUT2D eigenvalue weighted by Crippen LogP contribution is 2.45. The fourth-order valence-electron chi connectivity index (χ4n) is 11.2. The molecule has 0 aliphatic rings. The molecule has 0 N–H and O–H groups in total. The SMILES string of the molecule is c1cnc(-c2cc(-c3ncccn3)cc(-n3c4ccccc4c4cc5oc6cc(-c7ccnc(-c8cc(-c9ncccn9)cc(-n9c%10ccccc%10c%10ccc%11c%12ccccc%12sc%11c%109)c8)n7)ccc6c5cc43)c2)nc1. The van der Waals surface area contributed by atoms with E-state index >= 15 is 0 Å². The second-order valence-electron chi connectivity index (χ2n) is 18.8. The summed E-state index contributed by atoms with van der Waals surface area (Å²) in [4.78, 5) is 38.1. The van der Waals surface area contributed by atoms with Crippen LogP contribution in [-0.4, -0.2) is 49.0 Å². The molecule has 8 aromatic heterocycles. The van der Waals surface area contributed by atoms with Gasteiger partial charge in [-0.2, -0.15) is 0 Å². The van der Waals surface area contributed by atoms with Gasteiger partial charge in [0.15, 0.2) is 23.3 Å². The smallest absolute Gasteiger partial charge is 0.159 e. The molecule has 0 amide bonds. The summed E-state index contributed by atoms with van der Waals surface area (Å²) < 4.78 is 14.0. The first-order chi connectivity index (χ1) is 37.6. The number of thiophene rings is 1. The van der Waals surface area contributed by atoms with Crippen molar-refractivity contribution in [2.24, 2.45) is 0 Å². The molecule has 16 rings (SSSR count). The van der Waals surface area contributed by atoms with Crippen molar-refractivity contribution in [2.45, 2.75) is 0 Å². The molecule has 0 saturated carbocycles. The van der Waals surface area contributed by atoms with Crippen LogP contribution in [0.15, 0.2) is 224 Å². The predicted molar refractivity (Wildman–Crippen MR) is 305 cm³/mol. The molecule has 12 heteroatoms. The van der Waals surface area contributed by atoms with Gasteiger partial charge in [0.25, 0.3) is 0 Å². The molecule has 354 valence electrons. The van der Waals surface area contributed by atoms with Crippen molar-refractivity contribution in [3.05, 3.63) is 219 Å². The molecular weight excluding hydrogens is 957 g/mol. The third-order valence-electron chi connectivity index (χ3n) is 14.5. The summed E-state index contributed by atoms with van der Waals surface area (Å²) in [5.74, 6) is 2.43. The van der Waals surface area contributed by atoms with E-state index in [9.17, 15) is 0 Å². The van der Waals surface area contributed by atoms with Crippen LogP contribution in [0.5, 0.6) is 0 Å². The van der Waals surface area contributed by atoms with Crippen molar-refractivity contribution < 1.29 is 4.42 Å². The summed E-state index contributed by atoms with van der Waals surface area (Å²) in [6, 6.07) is 61.3. The number of hydrogen-bond donors (Lipinski definition) is 0. The van der Waals surface area contributed by atoms with Crippen molar-refractivity contribution in [1.29, 1.82) is 0 Å². The zero-order chi connectivity index (χ0) is 49.8. The van der Waals surface area contributed by atoms with Crippen LogP contribution in [0.2, 0.25) is 0 Å². The summed E-state index contributed by atoms with van der Waals surface area (Å²) in [6.45, 7) is 0. The van der Waals surface area contributed by atoms with E-state index in [2.05, 4.69) is 175 Å². The van der Waals surface area contributed by atoms with Gasteiger partial charge in [-0.05, 0) is 103 Å². The number of benzene rings is 8. The van der Waals surface area contributed by atoms with Crippen molar-refractivity contribution >= 4 is 97.1 Å². The number of rotatable bonds is 7. The molecule has 0 saturated heterocycles. The average Bonchev–Trinajstić information content (AvgIpc) is 4.29. The zero-order valence-electron chi connectivity index (χ0n) is 40.1. The minimum absolute atomic E-state index is 0.578. The molecule has 11 nitrogen and oxygen atoms in total.